The first kappa shape index (κ1) is 14.8. The van der Waals surface area contributed by atoms with E-state index in [-0.39, 0.29) is 0 Å². The Morgan fingerprint density at radius 2 is 1.77 bits per heavy atom. The smallest absolute Gasteiger partial charge is 0.162 e. The number of rotatable bonds is 4. The minimum Gasteiger partial charge on any atom is -0.493 e. The molecule has 1 aliphatic rings. The van der Waals surface area contributed by atoms with Crippen LogP contribution in [0, 0.1) is 6.92 Å². The van der Waals surface area contributed by atoms with Crippen LogP contribution in [0.15, 0.2) is 12.1 Å². The topological polar surface area (TPSA) is 68.3 Å². The molecule has 118 valence electrons. The molecule has 3 rings (SSSR count). The molecule has 0 radical (unpaired) electrons. The molecule has 1 aromatic carbocycles. The molecule has 0 saturated carbocycles. The summed E-state index contributed by atoms with van der Waals surface area (Å²) in [4.78, 5) is 9.10. The Morgan fingerprint density at radius 1 is 1.09 bits per heavy atom. The molecule has 0 spiro atoms. The Hall–Kier alpha value is -2.08. The van der Waals surface area contributed by atoms with E-state index in [2.05, 4.69) is 20.6 Å². The fraction of sp³-hybridized carbons (Fsp3) is 0.500. The number of aryl methyl sites for hydroxylation is 1. The van der Waals surface area contributed by atoms with Crippen molar-refractivity contribution in [1.29, 1.82) is 0 Å². The number of ether oxygens (including phenoxy) is 2. The summed E-state index contributed by atoms with van der Waals surface area (Å²) in [5.41, 5.74) is 0.863. The molecule has 6 nitrogen and oxygen atoms in total. The SMILES string of the molecule is COc1cc2nc(C)nc(NC3CCNCC3)c2cc1OC. The third-order valence-corrected chi connectivity index (χ3v) is 3.99. The first-order chi connectivity index (χ1) is 10.7. The third-order valence-electron chi connectivity index (χ3n) is 3.99. The minimum atomic E-state index is 0.437. The Morgan fingerprint density at radius 3 is 2.45 bits per heavy atom. The molecule has 0 atom stereocenters. The van der Waals surface area contributed by atoms with Crippen LogP contribution < -0.4 is 20.1 Å². The molecule has 1 fully saturated rings. The van der Waals surface area contributed by atoms with Gasteiger partial charge in [0.25, 0.3) is 0 Å². The fourth-order valence-corrected chi connectivity index (χ4v) is 2.84. The molecule has 0 bridgehead atoms. The second-order valence-electron chi connectivity index (χ2n) is 5.51. The maximum absolute atomic E-state index is 5.40. The first-order valence-electron chi connectivity index (χ1n) is 7.59. The van der Waals surface area contributed by atoms with Gasteiger partial charge in [-0.05, 0) is 38.9 Å². The lowest BCUT2D eigenvalue weighted by Gasteiger charge is -2.25. The lowest BCUT2D eigenvalue weighted by atomic mass is 10.1. The van der Waals surface area contributed by atoms with E-state index < -0.39 is 0 Å². The lowest BCUT2D eigenvalue weighted by Crippen LogP contribution is -2.35. The van der Waals surface area contributed by atoms with Crippen molar-refractivity contribution >= 4 is 16.7 Å². The Bertz CT molecular complexity index is 669. The number of nitrogens with one attached hydrogen (secondary N) is 2. The van der Waals surface area contributed by atoms with Crippen LogP contribution >= 0.6 is 0 Å². The highest BCUT2D eigenvalue weighted by atomic mass is 16.5. The predicted molar refractivity (Wildman–Crippen MR) is 86.9 cm³/mol. The van der Waals surface area contributed by atoms with Crippen LogP contribution in [-0.4, -0.2) is 43.3 Å². The molecule has 2 heterocycles. The van der Waals surface area contributed by atoms with Crippen LogP contribution in [-0.2, 0) is 0 Å². The van der Waals surface area contributed by atoms with Crippen LogP contribution in [0.25, 0.3) is 10.9 Å². The molecule has 0 unspecified atom stereocenters. The van der Waals surface area contributed by atoms with Crippen molar-refractivity contribution in [3.63, 3.8) is 0 Å². The van der Waals surface area contributed by atoms with E-state index >= 15 is 0 Å². The van der Waals surface area contributed by atoms with Gasteiger partial charge in [-0.15, -0.1) is 0 Å². The highest BCUT2D eigenvalue weighted by molar-refractivity contribution is 5.92. The molecule has 1 saturated heterocycles. The van der Waals surface area contributed by atoms with Gasteiger partial charge in [-0.3, -0.25) is 0 Å². The highest BCUT2D eigenvalue weighted by Gasteiger charge is 2.17. The average molecular weight is 302 g/mol. The van der Waals surface area contributed by atoms with Crippen molar-refractivity contribution in [1.82, 2.24) is 15.3 Å². The quantitative estimate of drug-likeness (QED) is 0.901. The van der Waals surface area contributed by atoms with Crippen molar-refractivity contribution in [2.45, 2.75) is 25.8 Å². The number of nitrogens with zero attached hydrogens (tertiary/aromatic N) is 2. The fourth-order valence-electron chi connectivity index (χ4n) is 2.84. The van der Waals surface area contributed by atoms with Gasteiger partial charge >= 0.3 is 0 Å². The molecular formula is C16H22N4O2. The van der Waals surface area contributed by atoms with E-state index in [4.69, 9.17) is 9.47 Å². The van der Waals surface area contributed by atoms with Gasteiger partial charge in [-0.25, -0.2) is 9.97 Å². The zero-order valence-electron chi connectivity index (χ0n) is 13.3. The van der Waals surface area contributed by atoms with Gasteiger partial charge in [0, 0.05) is 17.5 Å². The van der Waals surface area contributed by atoms with Gasteiger partial charge in [0.2, 0.25) is 0 Å². The molecule has 2 N–H and O–H groups in total. The Kier molecular flexibility index (Phi) is 4.29. The normalized spacial score (nSPS) is 15.8. The molecule has 0 aliphatic carbocycles. The van der Waals surface area contributed by atoms with E-state index in [9.17, 15) is 0 Å². The molecule has 0 amide bonds. The predicted octanol–water partition coefficient (Wildman–Crippen LogP) is 2.12. The van der Waals surface area contributed by atoms with Crippen LogP contribution in [0.5, 0.6) is 11.5 Å². The van der Waals surface area contributed by atoms with Gasteiger partial charge in [-0.1, -0.05) is 0 Å². The molecule has 22 heavy (non-hydrogen) atoms. The monoisotopic (exact) mass is 302 g/mol. The maximum Gasteiger partial charge on any atom is 0.162 e. The highest BCUT2D eigenvalue weighted by Crippen LogP contribution is 2.34. The van der Waals surface area contributed by atoms with Crippen molar-refractivity contribution < 1.29 is 9.47 Å². The lowest BCUT2D eigenvalue weighted by molar-refractivity contribution is 0.356. The van der Waals surface area contributed by atoms with Gasteiger partial charge in [0.05, 0.1) is 19.7 Å². The summed E-state index contributed by atoms with van der Waals surface area (Å²) in [5.74, 6) is 2.99. The summed E-state index contributed by atoms with van der Waals surface area (Å²) in [7, 11) is 3.27. The van der Waals surface area contributed by atoms with E-state index in [1.54, 1.807) is 14.2 Å². The molecule has 6 heteroatoms. The van der Waals surface area contributed by atoms with Crippen molar-refractivity contribution in [2.24, 2.45) is 0 Å². The summed E-state index contributed by atoms with van der Waals surface area (Å²) in [6, 6.07) is 4.28. The van der Waals surface area contributed by atoms with Gasteiger partial charge in [0.15, 0.2) is 11.5 Å². The standard InChI is InChI=1S/C16H22N4O2/c1-10-18-13-9-15(22-3)14(21-2)8-12(13)16(19-10)20-11-4-6-17-7-5-11/h8-9,11,17H,4-7H2,1-3H3,(H,18,19,20). The Balaban J connectivity index is 2.03. The minimum absolute atomic E-state index is 0.437. The molecule has 1 aromatic heterocycles. The summed E-state index contributed by atoms with van der Waals surface area (Å²) in [6.07, 6.45) is 2.19. The van der Waals surface area contributed by atoms with Gasteiger partial charge in [-0.2, -0.15) is 0 Å². The number of piperidine rings is 1. The Labute approximate surface area is 130 Å². The zero-order chi connectivity index (χ0) is 15.5. The number of anilines is 1. The average Bonchev–Trinajstić information content (AvgIpc) is 2.54. The number of benzene rings is 1. The van der Waals surface area contributed by atoms with Crippen LogP contribution in [0.2, 0.25) is 0 Å². The first-order valence-corrected chi connectivity index (χ1v) is 7.59. The number of hydrogen-bond donors (Lipinski definition) is 2. The van der Waals surface area contributed by atoms with Crippen molar-refractivity contribution in [3.05, 3.63) is 18.0 Å². The van der Waals surface area contributed by atoms with Crippen LogP contribution in [0.3, 0.4) is 0 Å². The van der Waals surface area contributed by atoms with E-state index in [0.717, 1.165) is 48.5 Å². The van der Waals surface area contributed by atoms with E-state index in [1.807, 2.05) is 19.1 Å². The zero-order valence-corrected chi connectivity index (χ0v) is 13.3. The number of methoxy groups -OCH3 is 2. The third kappa shape index (κ3) is 2.92. The van der Waals surface area contributed by atoms with Crippen LogP contribution in [0.4, 0.5) is 5.82 Å². The molecular weight excluding hydrogens is 280 g/mol. The van der Waals surface area contributed by atoms with Crippen molar-refractivity contribution in [3.8, 4) is 11.5 Å². The summed E-state index contributed by atoms with van der Waals surface area (Å²) in [5, 5.41) is 7.90. The molecule has 2 aromatic rings. The summed E-state index contributed by atoms with van der Waals surface area (Å²) >= 11 is 0. The van der Waals surface area contributed by atoms with E-state index in [0.29, 0.717) is 17.5 Å². The number of fused-ring (bicyclic) bond motifs is 1. The second-order valence-corrected chi connectivity index (χ2v) is 5.51. The number of aromatic nitrogens is 2. The van der Waals surface area contributed by atoms with Crippen LogP contribution in [0.1, 0.15) is 18.7 Å². The molecule has 1 aliphatic heterocycles. The second kappa shape index (κ2) is 6.36. The number of hydrogen-bond acceptors (Lipinski definition) is 6. The summed E-state index contributed by atoms with van der Waals surface area (Å²) < 4.78 is 10.8. The van der Waals surface area contributed by atoms with E-state index in [1.165, 1.54) is 0 Å². The van der Waals surface area contributed by atoms with Gasteiger partial charge in [0.1, 0.15) is 11.6 Å². The maximum atomic E-state index is 5.40. The largest absolute Gasteiger partial charge is 0.493 e. The van der Waals surface area contributed by atoms with Crippen molar-refractivity contribution in [2.75, 3.05) is 32.6 Å². The summed E-state index contributed by atoms with van der Waals surface area (Å²) in [6.45, 7) is 3.98. The van der Waals surface area contributed by atoms with Gasteiger partial charge < -0.3 is 20.1 Å².